The molecule has 146 valence electrons. The van der Waals surface area contributed by atoms with Gasteiger partial charge in [-0.25, -0.2) is 5.43 Å². The SMILES string of the molecule is O=C(N/N=C\c1cccc([N+](=O)[O-])c1)c1ccccc1OCc1ccc(Cl)cc1. The van der Waals surface area contributed by atoms with Crippen molar-refractivity contribution in [2.24, 2.45) is 5.10 Å². The second-order valence-electron chi connectivity index (χ2n) is 5.96. The molecule has 0 aromatic heterocycles. The van der Waals surface area contributed by atoms with Gasteiger partial charge in [0.1, 0.15) is 12.4 Å². The highest BCUT2D eigenvalue weighted by Gasteiger charge is 2.12. The number of nitro groups is 1. The fourth-order valence-electron chi connectivity index (χ4n) is 2.47. The van der Waals surface area contributed by atoms with Gasteiger partial charge in [-0.15, -0.1) is 0 Å². The molecule has 29 heavy (non-hydrogen) atoms. The van der Waals surface area contributed by atoms with E-state index in [1.165, 1.54) is 18.3 Å². The zero-order valence-electron chi connectivity index (χ0n) is 15.1. The molecule has 1 amide bonds. The summed E-state index contributed by atoms with van der Waals surface area (Å²) >= 11 is 5.87. The summed E-state index contributed by atoms with van der Waals surface area (Å²) in [6.45, 7) is 0.276. The highest BCUT2D eigenvalue weighted by Crippen LogP contribution is 2.20. The van der Waals surface area contributed by atoms with Crippen LogP contribution in [0.4, 0.5) is 5.69 Å². The topological polar surface area (TPSA) is 93.8 Å². The van der Waals surface area contributed by atoms with Crippen molar-refractivity contribution >= 4 is 29.4 Å². The third-order valence-corrected chi connectivity index (χ3v) is 4.15. The van der Waals surface area contributed by atoms with E-state index in [1.54, 1.807) is 48.5 Å². The van der Waals surface area contributed by atoms with Gasteiger partial charge in [0.05, 0.1) is 16.7 Å². The Kier molecular flexibility index (Phi) is 6.55. The quantitative estimate of drug-likeness (QED) is 0.351. The van der Waals surface area contributed by atoms with E-state index in [0.717, 1.165) is 5.56 Å². The van der Waals surface area contributed by atoms with Crippen molar-refractivity contribution in [1.29, 1.82) is 0 Å². The Labute approximate surface area is 171 Å². The van der Waals surface area contributed by atoms with Gasteiger partial charge in [0.15, 0.2) is 0 Å². The Bertz CT molecular complexity index is 1050. The van der Waals surface area contributed by atoms with Crippen molar-refractivity contribution in [3.8, 4) is 5.75 Å². The molecule has 7 nitrogen and oxygen atoms in total. The van der Waals surface area contributed by atoms with E-state index in [0.29, 0.717) is 21.9 Å². The minimum Gasteiger partial charge on any atom is -0.488 e. The van der Waals surface area contributed by atoms with E-state index in [4.69, 9.17) is 16.3 Å². The number of hydrogen-bond acceptors (Lipinski definition) is 5. The average Bonchev–Trinajstić information content (AvgIpc) is 2.73. The van der Waals surface area contributed by atoms with Crippen LogP contribution in [0.1, 0.15) is 21.5 Å². The van der Waals surface area contributed by atoms with Crippen LogP contribution in [-0.2, 0) is 6.61 Å². The minimum atomic E-state index is -0.496. The summed E-state index contributed by atoms with van der Waals surface area (Å²) < 4.78 is 5.76. The molecule has 0 aliphatic heterocycles. The van der Waals surface area contributed by atoms with Crippen LogP contribution in [0.5, 0.6) is 5.75 Å². The molecule has 3 aromatic rings. The lowest BCUT2D eigenvalue weighted by Crippen LogP contribution is -2.18. The molecule has 0 aliphatic carbocycles. The number of hydrazone groups is 1. The number of halogens is 1. The van der Waals surface area contributed by atoms with Crippen LogP contribution >= 0.6 is 11.6 Å². The summed E-state index contributed by atoms with van der Waals surface area (Å²) in [5, 5.41) is 15.3. The van der Waals surface area contributed by atoms with Gasteiger partial charge in [-0.2, -0.15) is 5.10 Å². The van der Waals surface area contributed by atoms with Gasteiger partial charge in [-0.05, 0) is 29.8 Å². The average molecular weight is 410 g/mol. The van der Waals surface area contributed by atoms with Gasteiger partial charge in [-0.1, -0.05) is 48.0 Å². The Morgan fingerprint density at radius 3 is 2.62 bits per heavy atom. The van der Waals surface area contributed by atoms with Crippen LogP contribution in [0, 0.1) is 10.1 Å². The zero-order chi connectivity index (χ0) is 20.6. The van der Waals surface area contributed by atoms with Crippen molar-refractivity contribution in [2.75, 3.05) is 0 Å². The number of benzene rings is 3. The van der Waals surface area contributed by atoms with Gasteiger partial charge >= 0.3 is 0 Å². The number of amides is 1. The first-order valence-corrected chi connectivity index (χ1v) is 8.95. The van der Waals surface area contributed by atoms with Crippen molar-refractivity contribution < 1.29 is 14.5 Å². The summed E-state index contributed by atoms with van der Waals surface area (Å²) in [6, 6.07) is 19.9. The van der Waals surface area contributed by atoms with Crippen LogP contribution in [0.3, 0.4) is 0 Å². The maximum atomic E-state index is 12.5. The fourth-order valence-corrected chi connectivity index (χ4v) is 2.59. The van der Waals surface area contributed by atoms with Crippen LogP contribution in [0.2, 0.25) is 5.02 Å². The maximum Gasteiger partial charge on any atom is 0.275 e. The van der Waals surface area contributed by atoms with E-state index >= 15 is 0 Å². The van der Waals surface area contributed by atoms with Gasteiger partial charge in [0.2, 0.25) is 0 Å². The molecule has 0 aliphatic rings. The number of nitrogens with zero attached hydrogens (tertiary/aromatic N) is 2. The highest BCUT2D eigenvalue weighted by atomic mass is 35.5. The predicted octanol–water partition coefficient (Wildman–Crippen LogP) is 4.59. The number of nitro benzene ring substituents is 1. The smallest absolute Gasteiger partial charge is 0.275 e. The molecule has 1 N–H and O–H groups in total. The first-order valence-electron chi connectivity index (χ1n) is 8.57. The van der Waals surface area contributed by atoms with E-state index in [2.05, 4.69) is 10.5 Å². The monoisotopic (exact) mass is 409 g/mol. The second kappa shape index (κ2) is 9.48. The number of ether oxygens (including phenoxy) is 1. The summed E-state index contributed by atoms with van der Waals surface area (Å²) in [5.74, 6) is -0.0520. The van der Waals surface area contributed by atoms with Gasteiger partial charge in [0.25, 0.3) is 11.6 Å². The van der Waals surface area contributed by atoms with Gasteiger partial charge in [-0.3, -0.25) is 14.9 Å². The Morgan fingerprint density at radius 1 is 1.10 bits per heavy atom. The Balaban J connectivity index is 1.65. The fraction of sp³-hybridized carbons (Fsp3) is 0.0476. The number of carbonyl (C=O) groups is 1. The third kappa shape index (κ3) is 5.63. The predicted molar refractivity (Wildman–Crippen MR) is 110 cm³/mol. The standard InChI is InChI=1S/C21H16ClN3O4/c22-17-10-8-15(9-11-17)14-29-20-7-2-1-6-19(20)21(26)24-23-13-16-4-3-5-18(12-16)25(27)28/h1-13H,14H2,(H,24,26)/b23-13-. The summed E-state index contributed by atoms with van der Waals surface area (Å²) in [4.78, 5) is 22.8. The number of nitrogens with one attached hydrogen (secondary N) is 1. The molecule has 0 spiro atoms. The lowest BCUT2D eigenvalue weighted by atomic mass is 10.2. The van der Waals surface area contributed by atoms with Crippen molar-refractivity contribution in [1.82, 2.24) is 5.43 Å². The first-order chi connectivity index (χ1) is 14.0. The number of carbonyl (C=O) groups excluding carboxylic acids is 1. The van der Waals surface area contributed by atoms with Crippen LogP contribution < -0.4 is 10.2 Å². The Morgan fingerprint density at radius 2 is 1.86 bits per heavy atom. The summed E-state index contributed by atoms with van der Waals surface area (Å²) in [6.07, 6.45) is 1.34. The van der Waals surface area contributed by atoms with Crippen molar-refractivity contribution in [2.45, 2.75) is 6.61 Å². The number of non-ortho nitro benzene ring substituents is 1. The third-order valence-electron chi connectivity index (χ3n) is 3.90. The number of hydrogen-bond donors (Lipinski definition) is 1. The van der Waals surface area contributed by atoms with Gasteiger partial charge in [0, 0.05) is 22.7 Å². The molecule has 0 saturated carbocycles. The molecule has 0 radical (unpaired) electrons. The van der Waals surface area contributed by atoms with Gasteiger partial charge < -0.3 is 4.74 Å². The van der Waals surface area contributed by atoms with Crippen molar-refractivity contribution in [3.05, 3.63) is 105 Å². The first kappa shape index (κ1) is 20.0. The molecule has 0 unspecified atom stereocenters. The summed E-state index contributed by atoms with van der Waals surface area (Å²) in [5.41, 5.74) is 4.07. The van der Waals surface area contributed by atoms with E-state index in [-0.39, 0.29) is 12.3 Å². The van der Waals surface area contributed by atoms with E-state index in [9.17, 15) is 14.9 Å². The minimum absolute atomic E-state index is 0.0544. The molecule has 0 bridgehead atoms. The molecule has 8 heteroatoms. The van der Waals surface area contributed by atoms with E-state index < -0.39 is 10.8 Å². The van der Waals surface area contributed by atoms with E-state index in [1.807, 2.05) is 12.1 Å². The van der Waals surface area contributed by atoms with Crippen LogP contribution in [0.25, 0.3) is 0 Å². The lowest BCUT2D eigenvalue weighted by Gasteiger charge is -2.10. The maximum absolute atomic E-state index is 12.5. The molecule has 0 saturated heterocycles. The molecular formula is C21H16ClN3O4. The molecular weight excluding hydrogens is 394 g/mol. The molecule has 0 heterocycles. The highest BCUT2D eigenvalue weighted by molar-refractivity contribution is 6.30. The zero-order valence-corrected chi connectivity index (χ0v) is 15.9. The second-order valence-corrected chi connectivity index (χ2v) is 6.40. The molecule has 0 fully saturated rings. The molecule has 0 atom stereocenters. The summed E-state index contributed by atoms with van der Waals surface area (Å²) in [7, 11) is 0. The van der Waals surface area contributed by atoms with Crippen LogP contribution in [0.15, 0.2) is 77.9 Å². The number of para-hydroxylation sites is 1. The van der Waals surface area contributed by atoms with Crippen LogP contribution in [-0.4, -0.2) is 17.0 Å². The Hall–Kier alpha value is -3.71. The van der Waals surface area contributed by atoms with Crippen molar-refractivity contribution in [3.63, 3.8) is 0 Å². The molecule has 3 rings (SSSR count). The largest absolute Gasteiger partial charge is 0.488 e. The lowest BCUT2D eigenvalue weighted by molar-refractivity contribution is -0.384. The number of rotatable bonds is 7. The normalized spacial score (nSPS) is 10.7. The molecule has 3 aromatic carbocycles.